The Labute approximate surface area is 152 Å². The molecule has 9 N–H and O–H groups in total. The highest BCUT2D eigenvalue weighted by atomic mass is 31.2. The molecule has 0 amide bonds. The molecule has 2 aliphatic heterocycles. The predicted octanol–water partition coefficient (Wildman–Crippen LogP) is -5.28. The first-order chi connectivity index (χ1) is 12.5. The van der Waals surface area contributed by atoms with Gasteiger partial charge < -0.3 is 59.7 Å². The number of phosphoric ester groups is 1. The average Bonchev–Trinajstić information content (AvgIpc) is 2.60. The fraction of sp³-hybridized carbons (Fsp3) is 1.00. The van der Waals surface area contributed by atoms with Gasteiger partial charge >= 0.3 is 7.82 Å². The Morgan fingerprint density at radius 3 is 1.63 bits per heavy atom. The van der Waals surface area contributed by atoms with Crippen LogP contribution in [0.15, 0.2) is 0 Å². The topological polar surface area (TPSA) is 236 Å². The highest BCUT2D eigenvalue weighted by molar-refractivity contribution is 7.46. The van der Waals surface area contributed by atoms with E-state index in [2.05, 4.69) is 4.52 Å². The van der Waals surface area contributed by atoms with Crippen LogP contribution >= 0.6 is 7.82 Å². The van der Waals surface area contributed by atoms with Gasteiger partial charge in [-0.25, -0.2) is 4.57 Å². The molecule has 0 aromatic carbocycles. The maximum absolute atomic E-state index is 10.8. The van der Waals surface area contributed by atoms with Gasteiger partial charge in [-0.2, -0.15) is 0 Å². The summed E-state index contributed by atoms with van der Waals surface area (Å²) in [4.78, 5) is 17.4. The Morgan fingerprint density at radius 1 is 0.741 bits per heavy atom. The van der Waals surface area contributed by atoms with Crippen molar-refractivity contribution in [2.24, 2.45) is 0 Å². The maximum atomic E-state index is 10.8. The Kier molecular flexibility index (Phi) is 7.68. The Morgan fingerprint density at radius 2 is 1.19 bits per heavy atom. The van der Waals surface area contributed by atoms with E-state index in [9.17, 15) is 35.2 Å². The number of rotatable bonds is 6. The van der Waals surface area contributed by atoms with Crippen molar-refractivity contribution < 1.29 is 68.8 Å². The number of aliphatic hydroxyl groups is 7. The van der Waals surface area contributed by atoms with Gasteiger partial charge in [0.1, 0.15) is 48.8 Å². The third kappa shape index (κ3) is 5.41. The third-order valence-electron chi connectivity index (χ3n) is 4.19. The molecular weight excluding hydrogens is 399 g/mol. The van der Waals surface area contributed by atoms with Crippen LogP contribution in [0.5, 0.6) is 0 Å². The minimum absolute atomic E-state index is 0.737. The molecule has 2 aliphatic rings. The molecule has 0 spiro atoms. The number of hydrogen-bond donors (Lipinski definition) is 9. The molecule has 0 aliphatic carbocycles. The van der Waals surface area contributed by atoms with Crippen molar-refractivity contribution in [2.75, 3.05) is 13.2 Å². The number of hydrogen-bond acceptors (Lipinski definition) is 12. The van der Waals surface area contributed by atoms with Crippen LogP contribution < -0.4 is 0 Å². The number of ether oxygens (including phenoxy) is 3. The van der Waals surface area contributed by atoms with E-state index < -0.39 is 82.4 Å². The van der Waals surface area contributed by atoms with E-state index in [-0.39, 0.29) is 0 Å². The molecule has 0 radical (unpaired) electrons. The molecule has 2 heterocycles. The van der Waals surface area contributed by atoms with Gasteiger partial charge in [-0.1, -0.05) is 0 Å². The molecule has 0 aromatic rings. The van der Waals surface area contributed by atoms with Crippen LogP contribution in [0.3, 0.4) is 0 Å². The normalized spacial score (nSPS) is 46.4. The van der Waals surface area contributed by atoms with Crippen molar-refractivity contribution in [2.45, 2.75) is 61.4 Å². The molecule has 15 heteroatoms. The second-order valence-electron chi connectivity index (χ2n) is 6.13. The van der Waals surface area contributed by atoms with Crippen LogP contribution in [0.25, 0.3) is 0 Å². The molecule has 2 rings (SSSR count). The van der Waals surface area contributed by atoms with E-state index >= 15 is 0 Å². The third-order valence-corrected chi connectivity index (χ3v) is 4.68. The van der Waals surface area contributed by atoms with Crippen molar-refractivity contribution in [3.8, 4) is 0 Å². The van der Waals surface area contributed by atoms with Crippen LogP contribution in [-0.2, 0) is 23.3 Å². The Hall–Kier alpha value is -0.290. The maximum Gasteiger partial charge on any atom is 0.469 e. The largest absolute Gasteiger partial charge is 0.469 e. The van der Waals surface area contributed by atoms with Gasteiger partial charge in [0.05, 0.1) is 13.2 Å². The van der Waals surface area contributed by atoms with Crippen LogP contribution in [-0.4, -0.2) is 120 Å². The van der Waals surface area contributed by atoms with Gasteiger partial charge in [0.15, 0.2) is 12.6 Å². The average molecular weight is 422 g/mol. The fourth-order valence-electron chi connectivity index (χ4n) is 2.65. The molecule has 160 valence electrons. The first-order valence-corrected chi connectivity index (χ1v) is 9.35. The van der Waals surface area contributed by atoms with Gasteiger partial charge in [-0.05, 0) is 0 Å². The van der Waals surface area contributed by atoms with Crippen molar-refractivity contribution >= 4 is 7.82 Å². The number of aliphatic hydroxyl groups excluding tert-OH is 7. The van der Waals surface area contributed by atoms with Crippen LogP contribution in [0.1, 0.15) is 0 Å². The van der Waals surface area contributed by atoms with E-state index in [0.717, 1.165) is 0 Å². The zero-order valence-corrected chi connectivity index (χ0v) is 14.6. The predicted molar refractivity (Wildman–Crippen MR) is 79.5 cm³/mol. The van der Waals surface area contributed by atoms with Crippen LogP contribution in [0.2, 0.25) is 0 Å². The van der Waals surface area contributed by atoms with Crippen molar-refractivity contribution in [1.82, 2.24) is 0 Å². The SMILES string of the molecule is O=P(O)(O)OC[C@H]1O[C@@H](O[C@@H]2O[C@H](CO)[C@@H](O)[C@H](O)C2O)[C@H](O)[C@@H](O)[C@@H]1O. The lowest BCUT2D eigenvalue weighted by Crippen LogP contribution is -2.63. The van der Waals surface area contributed by atoms with E-state index in [1.54, 1.807) is 0 Å². The smallest absolute Gasteiger partial charge is 0.394 e. The molecule has 2 fully saturated rings. The van der Waals surface area contributed by atoms with Crippen molar-refractivity contribution in [3.63, 3.8) is 0 Å². The summed E-state index contributed by atoms with van der Waals surface area (Å²) >= 11 is 0. The summed E-state index contributed by atoms with van der Waals surface area (Å²) in [5.74, 6) is 0. The molecule has 0 aromatic heterocycles. The summed E-state index contributed by atoms with van der Waals surface area (Å²) in [6, 6.07) is 0. The molecule has 0 bridgehead atoms. The first-order valence-electron chi connectivity index (χ1n) is 7.82. The first kappa shape index (κ1) is 23.0. The standard InChI is InChI=1S/C12H23O14P/c13-1-3-5(14)7(16)9(18)11(24-3)26-12-10(19)8(17)6(15)4(25-12)2-23-27(20,21)22/h3-19H,1-2H2,(H2,20,21,22)/t3-,4-,5-,6-,7+,8+,9?,10-,11+,12+/m1/s1. The Balaban J connectivity index is 2.08. The molecule has 10 atom stereocenters. The van der Waals surface area contributed by atoms with Gasteiger partial charge in [0.2, 0.25) is 0 Å². The van der Waals surface area contributed by atoms with Gasteiger partial charge in [0, 0.05) is 0 Å². The summed E-state index contributed by atoms with van der Waals surface area (Å²) in [5.41, 5.74) is 0. The number of phosphoric acid groups is 1. The molecule has 1 unspecified atom stereocenters. The van der Waals surface area contributed by atoms with E-state index in [1.807, 2.05) is 0 Å². The summed E-state index contributed by atoms with van der Waals surface area (Å²) in [6.07, 6.45) is -17.1. The zero-order valence-electron chi connectivity index (χ0n) is 13.7. The van der Waals surface area contributed by atoms with E-state index in [0.29, 0.717) is 0 Å². The van der Waals surface area contributed by atoms with Crippen LogP contribution in [0, 0.1) is 0 Å². The van der Waals surface area contributed by atoms with Crippen molar-refractivity contribution in [1.29, 1.82) is 0 Å². The second-order valence-corrected chi connectivity index (χ2v) is 7.37. The molecule has 0 saturated carbocycles. The molecule has 14 nitrogen and oxygen atoms in total. The molecule has 27 heavy (non-hydrogen) atoms. The lowest BCUT2D eigenvalue weighted by atomic mass is 9.98. The van der Waals surface area contributed by atoms with E-state index in [1.165, 1.54) is 0 Å². The molecule has 2 saturated heterocycles. The fourth-order valence-corrected chi connectivity index (χ4v) is 2.99. The summed E-state index contributed by atoms with van der Waals surface area (Å²) in [6.45, 7) is -1.61. The summed E-state index contributed by atoms with van der Waals surface area (Å²) in [7, 11) is -4.92. The van der Waals surface area contributed by atoms with Gasteiger partial charge in [0.25, 0.3) is 0 Å². The monoisotopic (exact) mass is 422 g/mol. The summed E-state index contributed by atoms with van der Waals surface area (Å²) < 4.78 is 30.3. The van der Waals surface area contributed by atoms with Gasteiger partial charge in [-0.3, -0.25) is 4.52 Å². The lowest BCUT2D eigenvalue weighted by molar-refractivity contribution is -0.376. The molecular formula is C12H23O14P. The van der Waals surface area contributed by atoms with Crippen LogP contribution in [0.4, 0.5) is 0 Å². The van der Waals surface area contributed by atoms with Gasteiger partial charge in [-0.15, -0.1) is 0 Å². The lowest BCUT2D eigenvalue weighted by Gasteiger charge is -2.44. The zero-order chi connectivity index (χ0) is 20.5. The highest BCUT2D eigenvalue weighted by Gasteiger charge is 2.49. The second kappa shape index (κ2) is 9.02. The minimum atomic E-state index is -4.92. The van der Waals surface area contributed by atoms with Crippen molar-refractivity contribution in [3.05, 3.63) is 0 Å². The summed E-state index contributed by atoms with van der Waals surface area (Å²) in [5, 5.41) is 68.1. The quantitative estimate of drug-likeness (QED) is 0.182. The Bertz CT molecular complexity index is 526. The highest BCUT2D eigenvalue weighted by Crippen LogP contribution is 2.37. The minimum Gasteiger partial charge on any atom is -0.394 e. The van der Waals surface area contributed by atoms with E-state index in [4.69, 9.17) is 29.1 Å².